The summed E-state index contributed by atoms with van der Waals surface area (Å²) in [5.41, 5.74) is 0.0427. The number of rotatable bonds is 2. The van der Waals surface area contributed by atoms with E-state index in [4.69, 9.17) is 4.74 Å². The fraction of sp³-hybridized carbons (Fsp3) is 0.900. The van der Waals surface area contributed by atoms with Gasteiger partial charge < -0.3 is 15.0 Å². The summed E-state index contributed by atoms with van der Waals surface area (Å²) in [6.45, 7) is 5.64. The molecule has 3 aliphatic heterocycles. The standard InChI is InChI=1S/C10H18N2O2/c1-2-14-9(13)11-10-3-6-12(7-4-10)8-5-10/h2-8H2,1H3,(H,11,13). The second kappa shape index (κ2) is 3.77. The number of nitrogens with one attached hydrogen (secondary N) is 1. The van der Waals surface area contributed by atoms with E-state index in [-0.39, 0.29) is 11.6 Å². The van der Waals surface area contributed by atoms with Gasteiger partial charge in [-0.2, -0.15) is 0 Å². The van der Waals surface area contributed by atoms with Gasteiger partial charge in [-0.15, -0.1) is 0 Å². The highest BCUT2D eigenvalue weighted by molar-refractivity contribution is 5.68. The first-order valence-corrected chi connectivity index (χ1v) is 5.41. The average Bonchev–Trinajstić information content (AvgIpc) is 2.20. The summed E-state index contributed by atoms with van der Waals surface area (Å²) in [5.74, 6) is 0. The van der Waals surface area contributed by atoms with Gasteiger partial charge in [0.1, 0.15) is 0 Å². The van der Waals surface area contributed by atoms with Crippen LogP contribution in [0.4, 0.5) is 4.79 Å². The number of hydrogen-bond acceptors (Lipinski definition) is 3. The van der Waals surface area contributed by atoms with Crippen molar-refractivity contribution in [3.8, 4) is 0 Å². The van der Waals surface area contributed by atoms with Crippen LogP contribution in [0.15, 0.2) is 0 Å². The molecule has 0 aromatic heterocycles. The van der Waals surface area contributed by atoms with Gasteiger partial charge in [0.05, 0.1) is 6.61 Å². The van der Waals surface area contributed by atoms with Crippen LogP contribution in [-0.2, 0) is 4.74 Å². The number of ether oxygens (including phenoxy) is 1. The summed E-state index contributed by atoms with van der Waals surface area (Å²) in [5, 5.41) is 3.03. The molecule has 1 N–H and O–H groups in total. The molecule has 0 saturated carbocycles. The Labute approximate surface area is 84.6 Å². The van der Waals surface area contributed by atoms with Gasteiger partial charge >= 0.3 is 6.09 Å². The Hall–Kier alpha value is -0.770. The van der Waals surface area contributed by atoms with E-state index < -0.39 is 0 Å². The molecule has 3 fully saturated rings. The molecule has 2 bridgehead atoms. The van der Waals surface area contributed by atoms with Crippen LogP contribution in [0.3, 0.4) is 0 Å². The van der Waals surface area contributed by atoms with Crippen LogP contribution in [0.1, 0.15) is 26.2 Å². The van der Waals surface area contributed by atoms with Gasteiger partial charge in [-0.25, -0.2) is 4.79 Å². The van der Waals surface area contributed by atoms with Crippen molar-refractivity contribution >= 4 is 6.09 Å². The van der Waals surface area contributed by atoms with Crippen molar-refractivity contribution in [1.82, 2.24) is 10.2 Å². The van der Waals surface area contributed by atoms with E-state index in [0.29, 0.717) is 6.61 Å². The molecule has 3 heterocycles. The molecule has 0 spiro atoms. The third-order valence-electron chi connectivity index (χ3n) is 3.36. The molecule has 3 rings (SSSR count). The predicted octanol–water partition coefficient (Wildman–Crippen LogP) is 0.971. The maximum Gasteiger partial charge on any atom is 0.407 e. The molecule has 3 aliphatic rings. The molecule has 0 unspecified atom stereocenters. The van der Waals surface area contributed by atoms with Crippen LogP contribution < -0.4 is 5.32 Å². The van der Waals surface area contributed by atoms with Crippen molar-refractivity contribution in [2.24, 2.45) is 0 Å². The summed E-state index contributed by atoms with van der Waals surface area (Å²) in [4.78, 5) is 13.8. The summed E-state index contributed by atoms with van der Waals surface area (Å²) in [7, 11) is 0. The number of nitrogens with zero attached hydrogens (tertiary/aromatic N) is 1. The van der Waals surface area contributed by atoms with Crippen LogP contribution >= 0.6 is 0 Å². The van der Waals surface area contributed by atoms with Crippen molar-refractivity contribution in [2.75, 3.05) is 26.2 Å². The maximum atomic E-state index is 11.3. The van der Waals surface area contributed by atoms with E-state index in [1.165, 1.54) is 0 Å². The van der Waals surface area contributed by atoms with Crippen LogP contribution in [0, 0.1) is 0 Å². The Morgan fingerprint density at radius 1 is 1.36 bits per heavy atom. The zero-order valence-corrected chi connectivity index (χ0v) is 8.71. The smallest absolute Gasteiger partial charge is 0.407 e. The Balaban J connectivity index is 1.91. The SMILES string of the molecule is CCOC(=O)NC12CCN(CC1)CC2. The first kappa shape index (κ1) is 9.77. The lowest BCUT2D eigenvalue weighted by atomic mass is 9.80. The van der Waals surface area contributed by atoms with Crippen LogP contribution in [0.5, 0.6) is 0 Å². The van der Waals surface area contributed by atoms with Crippen molar-refractivity contribution < 1.29 is 9.53 Å². The van der Waals surface area contributed by atoms with Gasteiger partial charge in [-0.1, -0.05) is 0 Å². The molecule has 3 saturated heterocycles. The van der Waals surface area contributed by atoms with E-state index in [9.17, 15) is 4.79 Å². The highest BCUT2D eigenvalue weighted by Crippen LogP contribution is 2.31. The fourth-order valence-electron chi connectivity index (χ4n) is 2.40. The Kier molecular flexibility index (Phi) is 2.63. The number of piperidine rings is 3. The number of hydrogen-bond donors (Lipinski definition) is 1. The molecule has 1 amide bonds. The monoisotopic (exact) mass is 198 g/mol. The fourth-order valence-corrected chi connectivity index (χ4v) is 2.40. The Morgan fingerprint density at radius 3 is 2.43 bits per heavy atom. The lowest BCUT2D eigenvalue weighted by Crippen LogP contribution is -2.61. The normalized spacial score (nSPS) is 35.4. The van der Waals surface area contributed by atoms with Crippen molar-refractivity contribution in [2.45, 2.75) is 31.7 Å². The van der Waals surface area contributed by atoms with Crippen LogP contribution in [-0.4, -0.2) is 42.8 Å². The zero-order valence-electron chi connectivity index (χ0n) is 8.71. The number of carbonyl (C=O) groups is 1. The number of alkyl carbamates (subject to hydrolysis) is 1. The van der Waals surface area contributed by atoms with Crippen LogP contribution in [0.25, 0.3) is 0 Å². The van der Waals surface area contributed by atoms with Gasteiger partial charge in [0.25, 0.3) is 0 Å². The molecule has 80 valence electrons. The first-order chi connectivity index (χ1) is 6.74. The number of fused-ring (bicyclic) bond motifs is 3. The number of carbonyl (C=O) groups excluding carboxylic acids is 1. The lowest BCUT2D eigenvalue weighted by Gasteiger charge is -2.48. The van der Waals surface area contributed by atoms with Gasteiger partial charge in [-0.05, 0) is 26.2 Å². The second-order valence-corrected chi connectivity index (χ2v) is 4.22. The zero-order chi connectivity index (χ0) is 10.0. The second-order valence-electron chi connectivity index (χ2n) is 4.22. The van der Waals surface area contributed by atoms with Gasteiger partial charge in [0.15, 0.2) is 0 Å². The minimum Gasteiger partial charge on any atom is -0.450 e. The minimum atomic E-state index is -0.247. The maximum absolute atomic E-state index is 11.3. The van der Waals surface area contributed by atoms with Gasteiger partial charge in [-0.3, -0.25) is 0 Å². The van der Waals surface area contributed by atoms with E-state index in [1.54, 1.807) is 0 Å². The lowest BCUT2D eigenvalue weighted by molar-refractivity contribution is 0.0540. The third kappa shape index (κ3) is 1.85. The van der Waals surface area contributed by atoms with Crippen molar-refractivity contribution in [1.29, 1.82) is 0 Å². The highest BCUT2D eigenvalue weighted by atomic mass is 16.5. The van der Waals surface area contributed by atoms with Gasteiger partial charge in [0, 0.05) is 25.2 Å². The van der Waals surface area contributed by atoms with Crippen molar-refractivity contribution in [3.63, 3.8) is 0 Å². The van der Waals surface area contributed by atoms with E-state index >= 15 is 0 Å². The molecule has 4 nitrogen and oxygen atoms in total. The largest absolute Gasteiger partial charge is 0.450 e. The molecule has 0 radical (unpaired) electrons. The van der Waals surface area contributed by atoms with Crippen LogP contribution in [0.2, 0.25) is 0 Å². The summed E-state index contributed by atoms with van der Waals surface area (Å²) >= 11 is 0. The summed E-state index contributed by atoms with van der Waals surface area (Å²) in [6.07, 6.45) is 2.98. The average molecular weight is 198 g/mol. The molecular formula is C10H18N2O2. The molecule has 0 atom stereocenters. The van der Waals surface area contributed by atoms with Gasteiger partial charge in [0.2, 0.25) is 0 Å². The first-order valence-electron chi connectivity index (χ1n) is 5.41. The molecule has 4 heteroatoms. The van der Waals surface area contributed by atoms with E-state index in [2.05, 4.69) is 10.2 Å². The highest BCUT2D eigenvalue weighted by Gasteiger charge is 2.40. The molecule has 0 aromatic carbocycles. The van der Waals surface area contributed by atoms with E-state index in [1.807, 2.05) is 6.92 Å². The summed E-state index contributed by atoms with van der Waals surface area (Å²) in [6, 6.07) is 0. The predicted molar refractivity (Wildman–Crippen MR) is 53.2 cm³/mol. The quantitative estimate of drug-likeness (QED) is 0.719. The minimum absolute atomic E-state index is 0.0427. The molecule has 0 aromatic rings. The van der Waals surface area contributed by atoms with E-state index in [0.717, 1.165) is 38.9 Å². The summed E-state index contributed by atoms with van der Waals surface area (Å²) < 4.78 is 4.93. The Bertz CT molecular complexity index is 208. The topological polar surface area (TPSA) is 41.6 Å². The molecular weight excluding hydrogens is 180 g/mol. The van der Waals surface area contributed by atoms with Crippen molar-refractivity contribution in [3.05, 3.63) is 0 Å². The molecule has 0 aliphatic carbocycles. The third-order valence-corrected chi connectivity index (χ3v) is 3.36. The molecule has 14 heavy (non-hydrogen) atoms. The number of amides is 1. The Morgan fingerprint density at radius 2 is 1.93 bits per heavy atom.